The Morgan fingerprint density at radius 2 is 1.59 bits per heavy atom. The third kappa shape index (κ3) is 4.08. The SMILES string of the molecule is CC[C@H](C)c1ccc(NC(=S)Nc2c(C)cccc2C)cc1. The molecule has 0 aliphatic carbocycles. The van der Waals surface area contributed by atoms with Gasteiger partial charge in [0.15, 0.2) is 5.11 Å². The minimum Gasteiger partial charge on any atom is -0.332 e. The van der Waals surface area contributed by atoms with Crippen molar-refractivity contribution in [1.29, 1.82) is 0 Å². The van der Waals surface area contributed by atoms with Crippen LogP contribution in [0, 0.1) is 13.8 Å². The van der Waals surface area contributed by atoms with Crippen molar-refractivity contribution in [3.05, 3.63) is 59.2 Å². The van der Waals surface area contributed by atoms with Crippen LogP contribution in [0.1, 0.15) is 42.9 Å². The highest BCUT2D eigenvalue weighted by molar-refractivity contribution is 7.80. The molecule has 2 aromatic carbocycles. The highest BCUT2D eigenvalue weighted by Crippen LogP contribution is 2.22. The minimum absolute atomic E-state index is 0.591. The Balaban J connectivity index is 2.03. The number of para-hydroxylation sites is 1. The van der Waals surface area contributed by atoms with E-state index in [4.69, 9.17) is 12.2 Å². The molecule has 0 aliphatic rings. The van der Waals surface area contributed by atoms with Crippen molar-refractivity contribution in [2.24, 2.45) is 0 Å². The molecule has 0 aromatic heterocycles. The van der Waals surface area contributed by atoms with E-state index in [0.717, 1.165) is 17.8 Å². The van der Waals surface area contributed by atoms with Crippen molar-refractivity contribution in [2.45, 2.75) is 40.0 Å². The third-order valence-corrected chi connectivity index (χ3v) is 4.27. The van der Waals surface area contributed by atoms with Crippen LogP contribution in [0.25, 0.3) is 0 Å². The number of thiocarbonyl (C=S) groups is 1. The molecule has 0 saturated carbocycles. The number of anilines is 2. The first-order valence-electron chi connectivity index (χ1n) is 7.75. The van der Waals surface area contributed by atoms with Gasteiger partial charge in [0, 0.05) is 11.4 Å². The van der Waals surface area contributed by atoms with Crippen molar-refractivity contribution < 1.29 is 0 Å². The molecular formula is C19H24N2S. The van der Waals surface area contributed by atoms with Gasteiger partial charge in [0.25, 0.3) is 0 Å². The van der Waals surface area contributed by atoms with E-state index in [1.54, 1.807) is 0 Å². The Kier molecular flexibility index (Phi) is 5.56. The van der Waals surface area contributed by atoms with Gasteiger partial charge in [-0.2, -0.15) is 0 Å². The molecule has 2 rings (SSSR count). The van der Waals surface area contributed by atoms with E-state index in [9.17, 15) is 0 Å². The molecule has 0 heterocycles. The molecule has 2 aromatic rings. The van der Waals surface area contributed by atoms with Crippen LogP contribution >= 0.6 is 12.2 Å². The number of hydrogen-bond donors (Lipinski definition) is 2. The van der Waals surface area contributed by atoms with E-state index >= 15 is 0 Å². The average Bonchev–Trinajstić information content (AvgIpc) is 2.51. The van der Waals surface area contributed by atoms with Crippen LogP contribution in [0.2, 0.25) is 0 Å². The maximum Gasteiger partial charge on any atom is 0.175 e. The van der Waals surface area contributed by atoms with Crippen LogP contribution < -0.4 is 10.6 Å². The molecule has 22 heavy (non-hydrogen) atoms. The fourth-order valence-corrected chi connectivity index (χ4v) is 2.64. The maximum absolute atomic E-state index is 5.42. The molecule has 0 spiro atoms. The van der Waals surface area contributed by atoms with Crippen LogP contribution in [0.4, 0.5) is 11.4 Å². The van der Waals surface area contributed by atoms with Crippen LogP contribution in [0.3, 0.4) is 0 Å². The summed E-state index contributed by atoms with van der Waals surface area (Å²) in [6.07, 6.45) is 1.15. The fraction of sp³-hybridized carbons (Fsp3) is 0.316. The van der Waals surface area contributed by atoms with E-state index in [1.807, 2.05) is 0 Å². The molecule has 116 valence electrons. The fourth-order valence-electron chi connectivity index (χ4n) is 2.42. The van der Waals surface area contributed by atoms with Crippen molar-refractivity contribution in [3.63, 3.8) is 0 Å². The highest BCUT2D eigenvalue weighted by atomic mass is 32.1. The third-order valence-electron chi connectivity index (χ3n) is 4.07. The van der Waals surface area contributed by atoms with Gasteiger partial charge in [-0.1, -0.05) is 44.2 Å². The second-order valence-electron chi connectivity index (χ2n) is 5.78. The zero-order valence-corrected chi connectivity index (χ0v) is 14.6. The molecule has 0 saturated heterocycles. The van der Waals surface area contributed by atoms with Gasteiger partial charge in [0.1, 0.15) is 0 Å². The summed E-state index contributed by atoms with van der Waals surface area (Å²) in [4.78, 5) is 0. The average molecular weight is 312 g/mol. The lowest BCUT2D eigenvalue weighted by molar-refractivity contribution is 0.734. The normalized spacial score (nSPS) is 11.8. The standard InChI is InChI=1S/C19H24N2S/c1-5-13(2)16-9-11-17(12-10-16)20-19(22)21-18-14(3)7-6-8-15(18)4/h6-13H,5H2,1-4H3,(H2,20,21,22)/t13-/m0/s1. The lowest BCUT2D eigenvalue weighted by Gasteiger charge is -2.15. The summed E-state index contributed by atoms with van der Waals surface area (Å²) in [7, 11) is 0. The Bertz CT molecular complexity index is 627. The van der Waals surface area contributed by atoms with E-state index in [2.05, 4.69) is 80.8 Å². The molecule has 0 bridgehead atoms. The van der Waals surface area contributed by atoms with E-state index in [1.165, 1.54) is 16.7 Å². The Hall–Kier alpha value is -1.87. The first-order chi connectivity index (χ1) is 10.5. The molecule has 1 atom stereocenters. The number of nitrogens with one attached hydrogen (secondary N) is 2. The van der Waals surface area contributed by atoms with Crippen LogP contribution in [0.5, 0.6) is 0 Å². The van der Waals surface area contributed by atoms with Crippen LogP contribution in [-0.4, -0.2) is 5.11 Å². The highest BCUT2D eigenvalue weighted by Gasteiger charge is 2.06. The Morgan fingerprint density at radius 3 is 2.14 bits per heavy atom. The Labute approximate surface area is 139 Å². The van der Waals surface area contributed by atoms with Gasteiger partial charge in [-0.15, -0.1) is 0 Å². The topological polar surface area (TPSA) is 24.1 Å². The zero-order chi connectivity index (χ0) is 16.1. The summed E-state index contributed by atoms with van der Waals surface area (Å²) in [6, 6.07) is 14.7. The predicted molar refractivity (Wildman–Crippen MR) is 101 cm³/mol. The van der Waals surface area contributed by atoms with Crippen molar-refractivity contribution >= 4 is 28.7 Å². The zero-order valence-electron chi connectivity index (χ0n) is 13.7. The molecule has 0 fully saturated rings. The van der Waals surface area contributed by atoms with Gasteiger partial charge in [0.2, 0.25) is 0 Å². The van der Waals surface area contributed by atoms with Crippen molar-refractivity contribution in [3.8, 4) is 0 Å². The number of hydrogen-bond acceptors (Lipinski definition) is 1. The second kappa shape index (κ2) is 7.41. The Morgan fingerprint density at radius 1 is 1.00 bits per heavy atom. The quantitative estimate of drug-likeness (QED) is 0.716. The smallest absolute Gasteiger partial charge is 0.175 e. The summed E-state index contributed by atoms with van der Waals surface area (Å²) < 4.78 is 0. The first kappa shape index (κ1) is 16.5. The second-order valence-corrected chi connectivity index (χ2v) is 6.19. The van der Waals surface area contributed by atoms with Crippen LogP contribution in [-0.2, 0) is 0 Å². The lowest BCUT2D eigenvalue weighted by atomic mass is 9.99. The largest absolute Gasteiger partial charge is 0.332 e. The van der Waals surface area contributed by atoms with E-state index in [0.29, 0.717) is 11.0 Å². The molecule has 0 radical (unpaired) electrons. The summed E-state index contributed by atoms with van der Waals surface area (Å²) >= 11 is 5.42. The van der Waals surface area contributed by atoms with Gasteiger partial charge in [-0.05, 0) is 67.2 Å². The molecule has 2 N–H and O–H groups in total. The lowest BCUT2D eigenvalue weighted by Crippen LogP contribution is -2.20. The van der Waals surface area contributed by atoms with Crippen LogP contribution in [0.15, 0.2) is 42.5 Å². The van der Waals surface area contributed by atoms with Gasteiger partial charge < -0.3 is 10.6 Å². The molecule has 3 heteroatoms. The first-order valence-corrected chi connectivity index (χ1v) is 8.16. The minimum atomic E-state index is 0.591. The molecule has 0 aliphatic heterocycles. The van der Waals surface area contributed by atoms with Crippen molar-refractivity contribution in [2.75, 3.05) is 10.6 Å². The van der Waals surface area contributed by atoms with Gasteiger partial charge in [0.05, 0.1) is 0 Å². The number of aryl methyl sites for hydroxylation is 2. The maximum atomic E-state index is 5.42. The molecule has 0 amide bonds. The summed E-state index contributed by atoms with van der Waals surface area (Å²) in [5.41, 5.74) is 5.83. The van der Waals surface area contributed by atoms with Gasteiger partial charge >= 0.3 is 0 Å². The number of benzene rings is 2. The molecule has 0 unspecified atom stereocenters. The predicted octanol–water partition coefficient (Wildman–Crippen LogP) is 5.63. The van der Waals surface area contributed by atoms with E-state index < -0.39 is 0 Å². The van der Waals surface area contributed by atoms with E-state index in [-0.39, 0.29) is 0 Å². The van der Waals surface area contributed by atoms with Crippen molar-refractivity contribution in [1.82, 2.24) is 0 Å². The molecule has 2 nitrogen and oxygen atoms in total. The molecular weight excluding hydrogens is 288 g/mol. The number of rotatable bonds is 4. The monoisotopic (exact) mass is 312 g/mol. The van der Waals surface area contributed by atoms with Gasteiger partial charge in [-0.3, -0.25) is 0 Å². The summed E-state index contributed by atoms with van der Waals surface area (Å²) in [5.74, 6) is 0.591. The summed E-state index contributed by atoms with van der Waals surface area (Å²) in [5, 5.41) is 7.16. The van der Waals surface area contributed by atoms with Gasteiger partial charge in [-0.25, -0.2) is 0 Å². The summed E-state index contributed by atoms with van der Waals surface area (Å²) in [6.45, 7) is 8.62.